The molecule has 7 nitrogen and oxygen atoms in total. The summed E-state index contributed by atoms with van der Waals surface area (Å²) in [5.74, 6) is 0.427. The number of halogens is 1. The van der Waals surface area contributed by atoms with Gasteiger partial charge in [-0.15, -0.1) is 5.10 Å². The highest BCUT2D eigenvalue weighted by Gasteiger charge is 2.42. The van der Waals surface area contributed by atoms with Crippen LogP contribution >= 0.6 is 11.6 Å². The molecule has 0 spiro atoms. The number of hydrogen-bond donors (Lipinski definition) is 0. The smallest absolute Gasteiger partial charge is 0.244 e. The zero-order valence-corrected chi connectivity index (χ0v) is 29.9. The molecule has 6 aromatic rings. The third kappa shape index (κ3) is 7.26. The topological polar surface area (TPSA) is 81.0 Å². The molecule has 0 radical (unpaired) electrons. The number of carbonyl (C=O) groups excluding carboxylic acids is 2. The first-order valence-corrected chi connectivity index (χ1v) is 17.9. The van der Waals surface area contributed by atoms with Crippen LogP contribution in [0.1, 0.15) is 62.3 Å². The maximum Gasteiger partial charge on any atom is 0.244 e. The monoisotopic (exact) mass is 695 g/mol. The highest BCUT2D eigenvalue weighted by atomic mass is 35.5. The minimum Gasteiger partial charge on any atom is -0.327 e. The van der Waals surface area contributed by atoms with E-state index in [0.717, 1.165) is 51.8 Å². The van der Waals surface area contributed by atoms with Crippen LogP contribution in [0.3, 0.4) is 0 Å². The molecule has 5 aromatic carbocycles. The molecule has 0 fully saturated rings. The average Bonchev–Trinajstić information content (AvgIpc) is 3.65. The Morgan fingerprint density at radius 1 is 0.725 bits per heavy atom. The lowest BCUT2D eigenvalue weighted by Gasteiger charge is -2.36. The van der Waals surface area contributed by atoms with Crippen molar-refractivity contribution in [3.8, 4) is 22.5 Å². The van der Waals surface area contributed by atoms with Crippen LogP contribution in [0, 0.1) is 5.92 Å². The standard InChI is InChI=1S/C43H42ClN5O2/c1-4-5-25-39(50)48(40(31(2)3)41(44)51)30-32-26-28-33(29-27-32)37-23-15-16-24-38(37)42-45-46-47-49(42)43(34-17-9-6-10-18-34,35-19-11-7-12-20-35)36-21-13-8-14-22-36/h6-24,26-29,31,40H,4-5,25,30H2,1-3H3/t40-/m0/s1. The summed E-state index contributed by atoms with van der Waals surface area (Å²) in [5.41, 5.74) is 5.86. The van der Waals surface area contributed by atoms with Gasteiger partial charge in [0.25, 0.3) is 0 Å². The molecule has 1 amide bonds. The van der Waals surface area contributed by atoms with E-state index in [9.17, 15) is 9.59 Å². The van der Waals surface area contributed by atoms with Crippen molar-refractivity contribution >= 4 is 22.8 Å². The van der Waals surface area contributed by atoms with Gasteiger partial charge in [-0.25, -0.2) is 4.68 Å². The van der Waals surface area contributed by atoms with Crippen LogP contribution in [0.4, 0.5) is 0 Å². The van der Waals surface area contributed by atoms with Gasteiger partial charge in [0.1, 0.15) is 11.6 Å². The van der Waals surface area contributed by atoms with Crippen molar-refractivity contribution in [2.75, 3.05) is 0 Å². The van der Waals surface area contributed by atoms with Crippen molar-refractivity contribution in [1.82, 2.24) is 25.1 Å². The fourth-order valence-corrected chi connectivity index (χ4v) is 7.33. The van der Waals surface area contributed by atoms with Crippen molar-refractivity contribution in [1.29, 1.82) is 0 Å². The summed E-state index contributed by atoms with van der Waals surface area (Å²) in [7, 11) is 0. The van der Waals surface area contributed by atoms with Gasteiger partial charge in [0.15, 0.2) is 5.82 Å². The molecule has 8 heteroatoms. The lowest BCUT2D eigenvalue weighted by atomic mass is 9.77. The molecule has 0 bridgehead atoms. The number of amides is 1. The molecule has 51 heavy (non-hydrogen) atoms. The second-order valence-electron chi connectivity index (χ2n) is 13.1. The normalized spacial score (nSPS) is 12.1. The highest BCUT2D eigenvalue weighted by molar-refractivity contribution is 6.64. The number of nitrogens with zero attached hydrogens (tertiary/aromatic N) is 5. The molecule has 0 aliphatic rings. The zero-order valence-electron chi connectivity index (χ0n) is 29.2. The number of rotatable bonds is 14. The lowest BCUT2D eigenvalue weighted by Crippen LogP contribution is -2.46. The molecule has 6 rings (SSSR count). The fraction of sp³-hybridized carbons (Fsp3) is 0.233. The number of tetrazole rings is 1. The Balaban J connectivity index is 1.45. The Bertz CT molecular complexity index is 1950. The average molecular weight is 696 g/mol. The van der Waals surface area contributed by atoms with Crippen molar-refractivity contribution in [3.05, 3.63) is 162 Å². The Morgan fingerprint density at radius 3 is 1.73 bits per heavy atom. The number of aromatic nitrogens is 4. The first-order valence-electron chi connectivity index (χ1n) is 17.5. The molecule has 258 valence electrons. The minimum atomic E-state index is -0.889. The van der Waals surface area contributed by atoms with Crippen molar-refractivity contribution < 1.29 is 9.59 Å². The van der Waals surface area contributed by atoms with Gasteiger partial charge in [-0.2, -0.15) is 0 Å². The van der Waals surface area contributed by atoms with E-state index in [2.05, 4.69) is 52.8 Å². The highest BCUT2D eigenvalue weighted by Crippen LogP contribution is 2.43. The van der Waals surface area contributed by atoms with Gasteiger partial charge in [-0.05, 0) is 67.7 Å². The molecule has 0 unspecified atom stereocenters. The lowest BCUT2D eigenvalue weighted by molar-refractivity contribution is -0.139. The number of carbonyl (C=O) groups is 2. The van der Waals surface area contributed by atoms with Crippen LogP contribution in [0.15, 0.2) is 140 Å². The van der Waals surface area contributed by atoms with E-state index < -0.39 is 16.8 Å². The van der Waals surface area contributed by atoms with E-state index in [4.69, 9.17) is 16.8 Å². The van der Waals surface area contributed by atoms with Crippen molar-refractivity contribution in [2.45, 2.75) is 58.2 Å². The van der Waals surface area contributed by atoms with Gasteiger partial charge < -0.3 is 4.90 Å². The van der Waals surface area contributed by atoms with E-state index in [-0.39, 0.29) is 18.4 Å². The molecular weight excluding hydrogens is 654 g/mol. The number of unbranched alkanes of at least 4 members (excludes halogenated alkanes) is 1. The van der Waals surface area contributed by atoms with Crippen molar-refractivity contribution in [2.24, 2.45) is 5.92 Å². The third-order valence-corrected chi connectivity index (χ3v) is 9.64. The van der Waals surface area contributed by atoms with Gasteiger partial charge in [-0.1, -0.05) is 167 Å². The molecule has 1 heterocycles. The van der Waals surface area contributed by atoms with Gasteiger partial charge in [0.05, 0.1) is 0 Å². The number of benzene rings is 5. The molecule has 1 atom stereocenters. The quantitative estimate of drug-likeness (QED) is 0.0839. The van der Waals surface area contributed by atoms with Crippen LogP contribution in [0.2, 0.25) is 0 Å². The molecule has 0 aliphatic carbocycles. The van der Waals surface area contributed by atoms with Crippen LogP contribution in [0.25, 0.3) is 22.5 Å². The molecule has 0 saturated carbocycles. The predicted molar refractivity (Wildman–Crippen MR) is 203 cm³/mol. The van der Waals surface area contributed by atoms with Crippen LogP contribution in [-0.4, -0.2) is 42.3 Å². The van der Waals surface area contributed by atoms with Crippen LogP contribution in [0.5, 0.6) is 0 Å². The molecule has 0 aliphatic heterocycles. The summed E-state index contributed by atoms with van der Waals surface area (Å²) in [6.45, 7) is 6.17. The second-order valence-corrected chi connectivity index (χ2v) is 13.5. The maximum absolute atomic E-state index is 13.3. The van der Waals surface area contributed by atoms with E-state index >= 15 is 0 Å². The maximum atomic E-state index is 13.3. The predicted octanol–water partition coefficient (Wildman–Crippen LogP) is 9.16. The molecule has 0 saturated heterocycles. The van der Waals surface area contributed by atoms with E-state index in [1.807, 2.05) is 123 Å². The first-order chi connectivity index (χ1) is 24.9. The zero-order chi connectivity index (χ0) is 35.8. The summed E-state index contributed by atoms with van der Waals surface area (Å²) < 4.78 is 1.94. The number of hydrogen-bond acceptors (Lipinski definition) is 5. The first kappa shape index (κ1) is 35.4. The van der Waals surface area contributed by atoms with Gasteiger partial charge in [-0.3, -0.25) is 9.59 Å². The summed E-state index contributed by atoms with van der Waals surface area (Å²) in [5, 5.41) is 13.2. The second kappa shape index (κ2) is 16.1. The Hall–Kier alpha value is -5.40. The van der Waals surface area contributed by atoms with E-state index in [1.54, 1.807) is 4.90 Å². The minimum absolute atomic E-state index is 0.0652. The largest absolute Gasteiger partial charge is 0.327 e. The van der Waals surface area contributed by atoms with Gasteiger partial charge in [0, 0.05) is 18.5 Å². The van der Waals surface area contributed by atoms with Crippen LogP contribution < -0.4 is 0 Å². The fourth-order valence-electron chi connectivity index (χ4n) is 6.96. The molecular formula is C43H42ClN5O2. The Kier molecular flexibility index (Phi) is 11.2. The summed E-state index contributed by atoms with van der Waals surface area (Å²) in [6, 6.07) is 46.5. The van der Waals surface area contributed by atoms with Gasteiger partial charge >= 0.3 is 0 Å². The molecule has 1 aromatic heterocycles. The van der Waals surface area contributed by atoms with Crippen LogP contribution in [-0.2, 0) is 21.7 Å². The van der Waals surface area contributed by atoms with E-state index in [1.165, 1.54) is 0 Å². The third-order valence-electron chi connectivity index (χ3n) is 9.41. The summed E-state index contributed by atoms with van der Waals surface area (Å²) in [6.07, 6.45) is 2.02. The Morgan fingerprint density at radius 2 is 1.24 bits per heavy atom. The van der Waals surface area contributed by atoms with Crippen molar-refractivity contribution in [3.63, 3.8) is 0 Å². The van der Waals surface area contributed by atoms with E-state index in [0.29, 0.717) is 12.2 Å². The molecule has 0 N–H and O–H groups in total. The summed E-state index contributed by atoms with van der Waals surface area (Å²) >= 11 is 6.06. The van der Waals surface area contributed by atoms with Gasteiger partial charge in [0.2, 0.25) is 11.1 Å². The summed E-state index contributed by atoms with van der Waals surface area (Å²) in [4.78, 5) is 27.5. The Labute approximate surface area is 304 Å². The SMILES string of the molecule is CCCCC(=O)N(Cc1ccc(-c2ccccc2-c2nnnn2C(c2ccccc2)(c2ccccc2)c2ccccc2)cc1)[C@H](C(=O)Cl)C(C)C.